The van der Waals surface area contributed by atoms with Gasteiger partial charge in [0.15, 0.2) is 5.16 Å². The zero-order chi connectivity index (χ0) is 19.1. The normalized spacial score (nSPS) is 15.0. The van der Waals surface area contributed by atoms with Crippen molar-refractivity contribution in [3.63, 3.8) is 0 Å². The summed E-state index contributed by atoms with van der Waals surface area (Å²) in [6.45, 7) is 9.50. The number of hydrogen-bond donors (Lipinski definition) is 1. The Morgan fingerprint density at radius 2 is 2.11 bits per heavy atom. The molecule has 0 aliphatic carbocycles. The number of aromatic nitrogens is 2. The lowest BCUT2D eigenvalue weighted by Gasteiger charge is -2.26. The van der Waals surface area contributed by atoms with Crippen LogP contribution in [-0.4, -0.2) is 65.5 Å². The molecule has 27 heavy (non-hydrogen) atoms. The number of aryl methyl sites for hydroxylation is 2. The number of morpholine rings is 1. The number of nitrogens with zero attached hydrogens (tertiary/aromatic N) is 3. The van der Waals surface area contributed by atoms with Gasteiger partial charge in [0.1, 0.15) is 0 Å². The van der Waals surface area contributed by atoms with E-state index in [2.05, 4.69) is 51.8 Å². The first-order valence-electron chi connectivity index (χ1n) is 9.44. The van der Waals surface area contributed by atoms with E-state index in [0.717, 1.165) is 50.1 Å². The van der Waals surface area contributed by atoms with Gasteiger partial charge in [-0.25, -0.2) is 4.98 Å². The Balaban J connectivity index is 1.44. The number of thioether (sulfide) groups is 1. The molecule has 1 aromatic carbocycles. The zero-order valence-corrected chi connectivity index (χ0v) is 16.9. The summed E-state index contributed by atoms with van der Waals surface area (Å²) < 4.78 is 7.40. The number of benzene rings is 1. The quantitative estimate of drug-likeness (QED) is 0.556. The van der Waals surface area contributed by atoms with Crippen LogP contribution in [0.15, 0.2) is 35.7 Å². The summed E-state index contributed by atoms with van der Waals surface area (Å²) in [7, 11) is 0. The third-order valence-electron chi connectivity index (χ3n) is 4.64. The second-order valence-electron chi connectivity index (χ2n) is 6.82. The van der Waals surface area contributed by atoms with Crippen molar-refractivity contribution in [2.24, 2.45) is 0 Å². The van der Waals surface area contributed by atoms with Crippen LogP contribution < -0.4 is 5.32 Å². The molecule has 0 spiro atoms. The van der Waals surface area contributed by atoms with E-state index in [-0.39, 0.29) is 5.91 Å². The lowest BCUT2D eigenvalue weighted by Crippen LogP contribution is -2.38. The van der Waals surface area contributed by atoms with Gasteiger partial charge in [0, 0.05) is 32.0 Å². The highest BCUT2D eigenvalue weighted by Gasteiger charge is 2.12. The van der Waals surface area contributed by atoms with Crippen LogP contribution in [0.5, 0.6) is 0 Å². The smallest absolute Gasteiger partial charge is 0.230 e. The van der Waals surface area contributed by atoms with Crippen molar-refractivity contribution in [1.29, 1.82) is 0 Å². The van der Waals surface area contributed by atoms with E-state index in [4.69, 9.17) is 4.74 Å². The predicted molar refractivity (Wildman–Crippen MR) is 109 cm³/mol. The van der Waals surface area contributed by atoms with Crippen LogP contribution in [0.3, 0.4) is 0 Å². The molecule has 1 amide bonds. The average Bonchev–Trinajstić information content (AvgIpc) is 3.15. The molecule has 146 valence electrons. The summed E-state index contributed by atoms with van der Waals surface area (Å²) in [5.74, 6) is 0.428. The number of nitrogens with one attached hydrogen (secondary N) is 1. The molecule has 1 aliphatic rings. The largest absolute Gasteiger partial charge is 0.379 e. The lowest BCUT2D eigenvalue weighted by atomic mass is 10.1. The van der Waals surface area contributed by atoms with Gasteiger partial charge in [-0.2, -0.15) is 0 Å². The monoisotopic (exact) mass is 388 g/mol. The number of carbonyl (C=O) groups is 1. The van der Waals surface area contributed by atoms with Gasteiger partial charge in [0.05, 0.1) is 24.7 Å². The molecule has 0 unspecified atom stereocenters. The van der Waals surface area contributed by atoms with Crippen LogP contribution in [0.1, 0.15) is 17.5 Å². The van der Waals surface area contributed by atoms with E-state index in [1.807, 2.05) is 6.20 Å². The molecule has 1 fully saturated rings. The van der Waals surface area contributed by atoms with Gasteiger partial charge in [-0.05, 0) is 44.0 Å². The summed E-state index contributed by atoms with van der Waals surface area (Å²) in [6, 6.07) is 6.36. The third kappa shape index (κ3) is 5.82. The highest BCUT2D eigenvalue weighted by molar-refractivity contribution is 7.99. The Morgan fingerprint density at radius 3 is 2.93 bits per heavy atom. The first-order chi connectivity index (χ1) is 13.1. The van der Waals surface area contributed by atoms with Crippen molar-refractivity contribution in [1.82, 2.24) is 19.8 Å². The fourth-order valence-electron chi connectivity index (χ4n) is 3.10. The molecule has 3 rings (SSSR count). The molecular weight excluding hydrogens is 360 g/mol. The zero-order valence-electron chi connectivity index (χ0n) is 16.1. The molecule has 1 aliphatic heterocycles. The molecule has 0 atom stereocenters. The highest BCUT2D eigenvalue weighted by Crippen LogP contribution is 2.23. The second-order valence-corrected chi connectivity index (χ2v) is 7.76. The average molecular weight is 389 g/mol. The summed E-state index contributed by atoms with van der Waals surface area (Å²) in [5.41, 5.74) is 3.51. The van der Waals surface area contributed by atoms with E-state index in [1.54, 1.807) is 6.20 Å². The third-order valence-corrected chi connectivity index (χ3v) is 5.61. The van der Waals surface area contributed by atoms with E-state index < -0.39 is 0 Å². The minimum absolute atomic E-state index is 0.0532. The van der Waals surface area contributed by atoms with E-state index in [1.165, 1.54) is 22.9 Å². The maximum atomic E-state index is 12.2. The standard InChI is InChI=1S/C20H28N4O2S/c1-16-4-5-17(2)18(14-16)24-9-7-22-20(24)27-15-19(25)21-6-3-8-23-10-12-26-13-11-23/h4-5,7,9,14H,3,6,8,10-13,15H2,1-2H3,(H,21,25). The van der Waals surface area contributed by atoms with Gasteiger partial charge < -0.3 is 10.1 Å². The molecule has 1 N–H and O–H groups in total. The van der Waals surface area contributed by atoms with E-state index in [9.17, 15) is 4.79 Å². The van der Waals surface area contributed by atoms with Gasteiger partial charge in [-0.15, -0.1) is 0 Å². The van der Waals surface area contributed by atoms with Gasteiger partial charge in [-0.3, -0.25) is 14.3 Å². The molecule has 6 nitrogen and oxygen atoms in total. The SMILES string of the molecule is Cc1ccc(C)c(-n2ccnc2SCC(=O)NCCCN2CCOCC2)c1. The Bertz CT molecular complexity index is 756. The number of rotatable bonds is 8. The summed E-state index contributed by atoms with van der Waals surface area (Å²) in [4.78, 5) is 19.0. The van der Waals surface area contributed by atoms with Crippen LogP contribution in [0.4, 0.5) is 0 Å². The Kier molecular flexibility index (Phi) is 7.32. The summed E-state index contributed by atoms with van der Waals surface area (Å²) in [6.07, 6.45) is 4.70. The van der Waals surface area contributed by atoms with Crippen molar-refractivity contribution in [2.75, 3.05) is 45.1 Å². The van der Waals surface area contributed by atoms with Crippen LogP contribution in [0.2, 0.25) is 0 Å². The molecule has 2 heterocycles. The van der Waals surface area contributed by atoms with Crippen molar-refractivity contribution < 1.29 is 9.53 Å². The first kappa shape index (κ1) is 19.9. The predicted octanol–water partition coefficient (Wildman–Crippen LogP) is 2.42. The lowest BCUT2D eigenvalue weighted by molar-refractivity contribution is -0.118. The number of amides is 1. The van der Waals surface area contributed by atoms with Gasteiger partial charge in [0.2, 0.25) is 5.91 Å². The molecule has 2 aromatic rings. The van der Waals surface area contributed by atoms with Gasteiger partial charge >= 0.3 is 0 Å². The fourth-order valence-corrected chi connectivity index (χ4v) is 3.89. The minimum atomic E-state index is 0.0532. The maximum Gasteiger partial charge on any atom is 0.230 e. The van der Waals surface area contributed by atoms with Crippen molar-refractivity contribution in [3.05, 3.63) is 41.7 Å². The number of carbonyl (C=O) groups excluding carboxylic acids is 1. The second kappa shape index (κ2) is 9.92. The number of hydrogen-bond acceptors (Lipinski definition) is 5. The Hall–Kier alpha value is -1.83. The number of ether oxygens (including phenoxy) is 1. The van der Waals surface area contributed by atoms with Crippen molar-refractivity contribution in [2.45, 2.75) is 25.4 Å². The topological polar surface area (TPSA) is 59.4 Å². The molecular formula is C20H28N4O2S. The van der Waals surface area contributed by atoms with E-state index >= 15 is 0 Å². The molecule has 0 bridgehead atoms. The maximum absolute atomic E-state index is 12.2. The van der Waals surface area contributed by atoms with Crippen LogP contribution >= 0.6 is 11.8 Å². The van der Waals surface area contributed by atoms with Crippen molar-refractivity contribution >= 4 is 17.7 Å². The van der Waals surface area contributed by atoms with E-state index in [0.29, 0.717) is 12.3 Å². The molecule has 1 saturated heterocycles. The Morgan fingerprint density at radius 1 is 1.30 bits per heavy atom. The Labute approximate surface area is 165 Å². The van der Waals surface area contributed by atoms with Crippen molar-refractivity contribution in [3.8, 4) is 5.69 Å². The van der Waals surface area contributed by atoms with Crippen LogP contribution in [0.25, 0.3) is 5.69 Å². The number of imidazole rings is 1. The van der Waals surface area contributed by atoms with Crippen LogP contribution in [-0.2, 0) is 9.53 Å². The fraction of sp³-hybridized carbons (Fsp3) is 0.500. The summed E-state index contributed by atoms with van der Waals surface area (Å²) in [5, 5.41) is 3.85. The molecule has 7 heteroatoms. The van der Waals surface area contributed by atoms with Crippen LogP contribution in [0, 0.1) is 13.8 Å². The molecule has 0 radical (unpaired) electrons. The molecule has 1 aromatic heterocycles. The van der Waals surface area contributed by atoms with Gasteiger partial charge in [0.25, 0.3) is 0 Å². The minimum Gasteiger partial charge on any atom is -0.379 e. The first-order valence-corrected chi connectivity index (χ1v) is 10.4. The summed E-state index contributed by atoms with van der Waals surface area (Å²) >= 11 is 1.47. The highest BCUT2D eigenvalue weighted by atomic mass is 32.2. The van der Waals surface area contributed by atoms with Gasteiger partial charge in [-0.1, -0.05) is 23.9 Å². The molecule has 0 saturated carbocycles.